The molecule has 1 heterocycles. The number of aromatic nitrogens is 4. The van der Waals surface area contributed by atoms with Crippen LogP contribution in [0.2, 0.25) is 0 Å². The number of carboxylic acid groups (broad SMARTS) is 1. The van der Waals surface area contributed by atoms with Gasteiger partial charge < -0.3 is 5.11 Å². The fraction of sp³-hybridized carbons (Fsp3) is 0.0667. The normalized spacial score (nSPS) is 12.2. The third-order valence-corrected chi connectivity index (χ3v) is 6.64. The molecular weight excluding hydrogens is 456 g/mol. The molecule has 3 rings (SSSR count). The summed E-state index contributed by atoms with van der Waals surface area (Å²) in [5.41, 5.74) is -3.04. The Morgan fingerprint density at radius 1 is 1.03 bits per heavy atom. The molecule has 29 heavy (non-hydrogen) atoms. The first-order chi connectivity index (χ1) is 13.7. The molecule has 1 unspecified atom stereocenters. The number of benzene rings is 2. The summed E-state index contributed by atoms with van der Waals surface area (Å²) in [7, 11) is 0.729. The van der Waals surface area contributed by atoms with Crippen LogP contribution in [0.25, 0.3) is 5.69 Å². The average Bonchev–Trinajstić information content (AvgIpc) is 3.13. The molecule has 0 aliphatic rings. The van der Waals surface area contributed by atoms with E-state index >= 15 is 0 Å². The van der Waals surface area contributed by atoms with Gasteiger partial charge in [0.1, 0.15) is 11.3 Å². The fourth-order valence-corrected chi connectivity index (χ4v) is 4.50. The molecule has 0 aliphatic carbocycles. The van der Waals surface area contributed by atoms with Crippen LogP contribution in [0.5, 0.6) is 0 Å². The van der Waals surface area contributed by atoms with Gasteiger partial charge in [0.2, 0.25) is 5.16 Å². The summed E-state index contributed by atoms with van der Waals surface area (Å²) in [4.78, 5) is 12.1. The molecule has 1 N–H and O–H groups in total. The number of tetrazole rings is 1. The molecule has 1 aromatic heterocycles. The maximum atomic E-state index is 14.3. The van der Waals surface area contributed by atoms with Crippen molar-refractivity contribution in [2.75, 3.05) is 6.26 Å². The highest BCUT2D eigenvalue weighted by Crippen LogP contribution is 2.38. The van der Waals surface area contributed by atoms with E-state index in [1.165, 1.54) is 6.26 Å². The predicted octanol–water partition coefficient (Wildman–Crippen LogP) is 3.45. The minimum Gasteiger partial charge on any atom is -0.477 e. The lowest BCUT2D eigenvalue weighted by Gasteiger charge is -2.10. The van der Waals surface area contributed by atoms with Gasteiger partial charge in [-0.05, 0) is 56.3 Å². The van der Waals surface area contributed by atoms with Gasteiger partial charge >= 0.3 is 5.97 Å². The Morgan fingerprint density at radius 3 is 2.14 bits per heavy atom. The van der Waals surface area contributed by atoms with E-state index in [9.17, 15) is 26.6 Å². The Balaban J connectivity index is 1.94. The van der Waals surface area contributed by atoms with Crippen LogP contribution >= 0.6 is 21.6 Å². The van der Waals surface area contributed by atoms with E-state index in [1.807, 2.05) is 0 Å². The summed E-state index contributed by atoms with van der Waals surface area (Å²) in [6.45, 7) is 0. The molecule has 0 spiro atoms. The minimum absolute atomic E-state index is 0.224. The van der Waals surface area contributed by atoms with E-state index in [2.05, 4.69) is 15.5 Å². The molecule has 7 nitrogen and oxygen atoms in total. The predicted molar refractivity (Wildman–Crippen MR) is 96.4 cm³/mol. The van der Waals surface area contributed by atoms with Crippen LogP contribution in [0.15, 0.2) is 39.2 Å². The smallest absolute Gasteiger partial charge is 0.341 e. The Labute approximate surface area is 170 Å². The lowest BCUT2D eigenvalue weighted by molar-refractivity contribution is 0.0683. The minimum atomic E-state index is -2.16. The lowest BCUT2D eigenvalue weighted by Crippen LogP contribution is -2.15. The molecular formula is C15H8F4N4O3S3. The quantitative estimate of drug-likeness (QED) is 0.337. The molecule has 0 amide bonds. The van der Waals surface area contributed by atoms with Crippen LogP contribution in [0, 0.1) is 23.3 Å². The van der Waals surface area contributed by atoms with E-state index in [-0.39, 0.29) is 5.16 Å². The number of carboxylic acids is 1. The molecule has 2 aromatic carbocycles. The van der Waals surface area contributed by atoms with Crippen LogP contribution in [0.3, 0.4) is 0 Å². The average molecular weight is 464 g/mol. The SMILES string of the molecule is CS(=O)c1ccc(SSc2nnnn2-c2c(F)c(F)c(C(=O)O)c(F)c2F)cc1. The summed E-state index contributed by atoms with van der Waals surface area (Å²) in [5, 5.41) is 18.7. The Kier molecular flexibility index (Phi) is 6.24. The first-order valence-corrected chi connectivity index (χ1v) is 11.1. The van der Waals surface area contributed by atoms with Gasteiger partial charge in [0.25, 0.3) is 0 Å². The largest absolute Gasteiger partial charge is 0.477 e. The third kappa shape index (κ3) is 4.13. The number of hydrogen-bond donors (Lipinski definition) is 1. The van der Waals surface area contributed by atoms with Gasteiger partial charge in [0.15, 0.2) is 23.3 Å². The standard InChI is InChI=1S/C15H8F4N4O3S3/c1-29(26)7-4-2-6(3-5-7)27-28-15-20-21-22-23(15)13-11(18)9(16)8(14(24)25)10(17)12(13)19/h2-5H,1H3,(H,24,25). The molecule has 14 heteroatoms. The van der Waals surface area contributed by atoms with Crippen molar-refractivity contribution in [3.05, 3.63) is 53.1 Å². The van der Waals surface area contributed by atoms with Gasteiger partial charge in [-0.3, -0.25) is 4.21 Å². The molecule has 1 atom stereocenters. The maximum Gasteiger partial charge on any atom is 0.341 e. The Bertz CT molecular complexity index is 1100. The number of halogens is 4. The van der Waals surface area contributed by atoms with E-state index < -0.39 is 51.3 Å². The number of carbonyl (C=O) groups is 1. The summed E-state index contributed by atoms with van der Waals surface area (Å²) in [5.74, 6) is -10.2. The van der Waals surface area contributed by atoms with Crippen LogP contribution < -0.4 is 0 Å². The molecule has 0 bridgehead atoms. The number of nitrogens with zero attached hydrogens (tertiary/aromatic N) is 4. The summed E-state index contributed by atoms with van der Waals surface area (Å²) in [6, 6.07) is 6.53. The van der Waals surface area contributed by atoms with Crippen LogP contribution in [0.1, 0.15) is 10.4 Å². The molecule has 0 aliphatic heterocycles. The molecule has 0 saturated heterocycles. The highest BCUT2D eigenvalue weighted by Gasteiger charge is 2.32. The van der Waals surface area contributed by atoms with Crippen molar-refractivity contribution in [1.82, 2.24) is 20.2 Å². The molecule has 3 aromatic rings. The number of hydrogen-bond acceptors (Lipinski definition) is 7. The van der Waals surface area contributed by atoms with Crippen molar-refractivity contribution >= 4 is 38.4 Å². The Hall–Kier alpha value is -2.45. The van der Waals surface area contributed by atoms with Crippen LogP contribution in [-0.4, -0.2) is 41.7 Å². The second kappa shape index (κ2) is 8.51. The van der Waals surface area contributed by atoms with Crippen molar-refractivity contribution in [2.24, 2.45) is 0 Å². The summed E-state index contributed by atoms with van der Waals surface area (Å²) in [6.07, 6.45) is 1.52. The first-order valence-electron chi connectivity index (χ1n) is 7.38. The molecule has 0 radical (unpaired) electrons. The Morgan fingerprint density at radius 2 is 1.62 bits per heavy atom. The van der Waals surface area contributed by atoms with Crippen molar-refractivity contribution in [3.8, 4) is 5.69 Å². The number of aromatic carboxylic acids is 1. The maximum absolute atomic E-state index is 14.3. The molecule has 0 saturated carbocycles. The highest BCUT2D eigenvalue weighted by molar-refractivity contribution is 8.76. The summed E-state index contributed by atoms with van der Waals surface area (Å²) < 4.78 is 68.3. The first kappa shape index (κ1) is 21.3. The zero-order valence-corrected chi connectivity index (χ0v) is 16.5. The van der Waals surface area contributed by atoms with Crippen LogP contribution in [0.4, 0.5) is 17.6 Å². The van der Waals surface area contributed by atoms with E-state index in [1.54, 1.807) is 24.3 Å². The topological polar surface area (TPSA) is 98.0 Å². The molecule has 152 valence electrons. The van der Waals surface area contributed by atoms with E-state index in [0.717, 1.165) is 21.6 Å². The highest BCUT2D eigenvalue weighted by atomic mass is 33.1. The van der Waals surface area contributed by atoms with E-state index in [0.29, 0.717) is 14.5 Å². The van der Waals surface area contributed by atoms with Crippen LogP contribution in [-0.2, 0) is 10.8 Å². The van der Waals surface area contributed by atoms with Crippen molar-refractivity contribution in [1.29, 1.82) is 0 Å². The van der Waals surface area contributed by atoms with Gasteiger partial charge in [-0.25, -0.2) is 22.4 Å². The fourth-order valence-electron chi connectivity index (χ4n) is 2.14. The van der Waals surface area contributed by atoms with Crippen molar-refractivity contribution in [3.63, 3.8) is 0 Å². The van der Waals surface area contributed by atoms with Gasteiger partial charge in [-0.1, -0.05) is 0 Å². The zero-order valence-electron chi connectivity index (χ0n) is 14.1. The van der Waals surface area contributed by atoms with Gasteiger partial charge in [0.05, 0.1) is 0 Å². The monoisotopic (exact) mass is 464 g/mol. The van der Waals surface area contributed by atoms with Crippen molar-refractivity contribution in [2.45, 2.75) is 14.9 Å². The summed E-state index contributed by atoms with van der Waals surface area (Å²) >= 11 is 0. The zero-order chi connectivity index (χ0) is 21.3. The lowest BCUT2D eigenvalue weighted by atomic mass is 10.1. The molecule has 0 fully saturated rings. The van der Waals surface area contributed by atoms with Gasteiger partial charge in [0, 0.05) is 26.8 Å². The van der Waals surface area contributed by atoms with Gasteiger partial charge in [-0.2, -0.15) is 4.68 Å². The third-order valence-electron chi connectivity index (χ3n) is 3.47. The van der Waals surface area contributed by atoms with Gasteiger partial charge in [-0.15, -0.1) is 5.10 Å². The van der Waals surface area contributed by atoms with Crippen molar-refractivity contribution < 1.29 is 31.7 Å². The number of rotatable bonds is 6. The second-order valence-corrected chi connectivity index (χ2v) is 8.80. The second-order valence-electron chi connectivity index (χ2n) is 5.25. The van der Waals surface area contributed by atoms with E-state index in [4.69, 9.17) is 5.11 Å².